The molecule has 1 rings (SSSR count). The first-order chi connectivity index (χ1) is 5.04. The molecule has 0 aliphatic carbocycles. The lowest BCUT2D eigenvalue weighted by Crippen LogP contribution is -1.91. The maximum Gasteiger partial charge on any atom is 0.253 e. The Morgan fingerprint density at radius 1 is 1.27 bits per heavy atom. The minimum Gasteiger partial charge on any atom is -0.276 e. The third kappa shape index (κ3) is 1.47. The van der Waals surface area contributed by atoms with Crippen LogP contribution in [0.3, 0.4) is 0 Å². The van der Waals surface area contributed by atoms with E-state index in [-0.39, 0.29) is 5.24 Å². The van der Waals surface area contributed by atoms with Crippen LogP contribution < -0.4 is 0 Å². The molecule has 1 nitrogen and oxygen atoms in total. The molecule has 11 heavy (non-hydrogen) atoms. The minimum atomic E-state index is -0.343. The van der Waals surface area contributed by atoms with Crippen molar-refractivity contribution in [2.45, 2.75) is 20.8 Å². The number of rotatable bonds is 1. The van der Waals surface area contributed by atoms with Gasteiger partial charge < -0.3 is 0 Å². The monoisotopic (exact) mass is 188 g/mol. The van der Waals surface area contributed by atoms with Gasteiger partial charge in [-0.3, -0.25) is 4.79 Å². The van der Waals surface area contributed by atoms with Gasteiger partial charge in [0.15, 0.2) is 0 Å². The predicted molar refractivity (Wildman–Crippen MR) is 48.7 cm³/mol. The molecular formula is C8H9ClOS. The van der Waals surface area contributed by atoms with Crippen LogP contribution in [-0.4, -0.2) is 5.24 Å². The summed E-state index contributed by atoms with van der Waals surface area (Å²) < 4.78 is 0. The first kappa shape index (κ1) is 8.75. The van der Waals surface area contributed by atoms with Gasteiger partial charge in [0.05, 0.1) is 5.56 Å². The molecule has 0 spiro atoms. The van der Waals surface area contributed by atoms with E-state index >= 15 is 0 Å². The lowest BCUT2D eigenvalue weighted by molar-refractivity contribution is 0.108. The Morgan fingerprint density at radius 3 is 2.00 bits per heavy atom. The molecule has 0 radical (unpaired) electrons. The lowest BCUT2D eigenvalue weighted by Gasteiger charge is -1.92. The second-order valence-corrected chi connectivity index (χ2v) is 4.26. The van der Waals surface area contributed by atoms with Crippen LogP contribution in [0.25, 0.3) is 0 Å². The van der Waals surface area contributed by atoms with Crippen molar-refractivity contribution >= 4 is 28.2 Å². The number of carbonyl (C=O) groups excluding carboxylic acids is 1. The molecule has 0 N–H and O–H groups in total. The Bertz CT molecular complexity index is 301. The molecule has 0 amide bonds. The molecule has 0 fully saturated rings. The van der Waals surface area contributed by atoms with Gasteiger partial charge in [0.1, 0.15) is 0 Å². The molecular weight excluding hydrogens is 180 g/mol. The fourth-order valence-corrected chi connectivity index (χ4v) is 2.48. The fraction of sp³-hybridized carbons (Fsp3) is 0.375. The van der Waals surface area contributed by atoms with E-state index in [0.717, 1.165) is 10.4 Å². The quantitative estimate of drug-likeness (QED) is 0.620. The molecule has 0 unspecified atom stereocenters. The molecule has 0 aromatic carbocycles. The van der Waals surface area contributed by atoms with Crippen LogP contribution in [0.1, 0.15) is 25.7 Å². The van der Waals surface area contributed by atoms with Crippen molar-refractivity contribution in [2.24, 2.45) is 0 Å². The zero-order chi connectivity index (χ0) is 8.59. The van der Waals surface area contributed by atoms with Gasteiger partial charge in [-0.1, -0.05) is 0 Å². The predicted octanol–water partition coefficient (Wildman–Crippen LogP) is 3.05. The molecule has 0 atom stereocenters. The van der Waals surface area contributed by atoms with Crippen LogP contribution in [0.4, 0.5) is 0 Å². The van der Waals surface area contributed by atoms with Gasteiger partial charge in [-0.15, -0.1) is 11.3 Å². The molecule has 60 valence electrons. The average molecular weight is 189 g/mol. The van der Waals surface area contributed by atoms with Crippen LogP contribution >= 0.6 is 22.9 Å². The van der Waals surface area contributed by atoms with Crippen molar-refractivity contribution in [3.63, 3.8) is 0 Å². The third-order valence-electron chi connectivity index (χ3n) is 1.76. The molecule has 0 saturated heterocycles. The highest BCUT2D eigenvalue weighted by Gasteiger charge is 2.13. The molecule has 1 aromatic heterocycles. The largest absolute Gasteiger partial charge is 0.276 e. The average Bonchev–Trinajstić information content (AvgIpc) is 2.07. The number of carbonyl (C=O) groups is 1. The van der Waals surface area contributed by atoms with Gasteiger partial charge >= 0.3 is 0 Å². The van der Waals surface area contributed by atoms with Crippen LogP contribution in [0.15, 0.2) is 0 Å². The molecule has 1 aromatic rings. The van der Waals surface area contributed by atoms with E-state index in [4.69, 9.17) is 11.6 Å². The summed E-state index contributed by atoms with van der Waals surface area (Å²) in [6, 6.07) is 0. The highest BCUT2D eigenvalue weighted by molar-refractivity contribution is 7.12. The third-order valence-corrected chi connectivity index (χ3v) is 3.07. The molecule has 0 aliphatic rings. The van der Waals surface area contributed by atoms with E-state index in [1.807, 2.05) is 20.8 Å². The normalized spacial score (nSPS) is 10.2. The minimum absolute atomic E-state index is 0.343. The van der Waals surface area contributed by atoms with E-state index in [1.165, 1.54) is 4.88 Å². The van der Waals surface area contributed by atoms with Gasteiger partial charge in [-0.25, -0.2) is 0 Å². The van der Waals surface area contributed by atoms with Crippen molar-refractivity contribution in [1.29, 1.82) is 0 Å². The van der Waals surface area contributed by atoms with Crippen LogP contribution in [0, 0.1) is 20.8 Å². The van der Waals surface area contributed by atoms with Crippen molar-refractivity contribution in [3.8, 4) is 0 Å². The lowest BCUT2D eigenvalue weighted by atomic mass is 10.1. The first-order valence-electron chi connectivity index (χ1n) is 3.30. The Hall–Kier alpha value is -0.340. The second kappa shape index (κ2) is 2.95. The zero-order valence-electron chi connectivity index (χ0n) is 6.69. The zero-order valence-corrected chi connectivity index (χ0v) is 8.27. The summed E-state index contributed by atoms with van der Waals surface area (Å²) in [5.41, 5.74) is 1.71. The van der Waals surface area contributed by atoms with E-state index in [0.29, 0.717) is 5.56 Å². The first-order valence-corrected chi connectivity index (χ1v) is 4.50. The van der Waals surface area contributed by atoms with Crippen LogP contribution in [-0.2, 0) is 0 Å². The van der Waals surface area contributed by atoms with Crippen molar-refractivity contribution in [3.05, 3.63) is 20.9 Å². The fourth-order valence-electron chi connectivity index (χ4n) is 1.08. The maximum atomic E-state index is 10.9. The molecule has 0 bridgehead atoms. The van der Waals surface area contributed by atoms with E-state index in [2.05, 4.69) is 0 Å². The number of hydrogen-bond acceptors (Lipinski definition) is 2. The van der Waals surface area contributed by atoms with Gasteiger partial charge in [0.25, 0.3) is 5.24 Å². The summed E-state index contributed by atoms with van der Waals surface area (Å²) in [4.78, 5) is 13.1. The SMILES string of the molecule is Cc1sc(C)c(C(=O)Cl)c1C. The molecule has 0 saturated carbocycles. The van der Waals surface area contributed by atoms with Gasteiger partial charge in [0, 0.05) is 9.75 Å². The second-order valence-electron chi connectivity index (χ2n) is 2.49. The summed E-state index contributed by atoms with van der Waals surface area (Å²) in [6.07, 6.45) is 0. The summed E-state index contributed by atoms with van der Waals surface area (Å²) in [6.45, 7) is 5.84. The summed E-state index contributed by atoms with van der Waals surface area (Å²) in [5, 5.41) is -0.343. The van der Waals surface area contributed by atoms with E-state index in [1.54, 1.807) is 11.3 Å². The van der Waals surface area contributed by atoms with Gasteiger partial charge in [-0.05, 0) is 37.9 Å². The Kier molecular flexibility index (Phi) is 2.35. The van der Waals surface area contributed by atoms with Crippen molar-refractivity contribution < 1.29 is 4.79 Å². The highest BCUT2D eigenvalue weighted by Crippen LogP contribution is 2.27. The highest BCUT2D eigenvalue weighted by atomic mass is 35.5. The Morgan fingerprint density at radius 2 is 1.82 bits per heavy atom. The Labute approximate surface area is 75.0 Å². The van der Waals surface area contributed by atoms with E-state index < -0.39 is 0 Å². The van der Waals surface area contributed by atoms with Crippen molar-refractivity contribution in [1.82, 2.24) is 0 Å². The van der Waals surface area contributed by atoms with E-state index in [9.17, 15) is 4.79 Å². The summed E-state index contributed by atoms with van der Waals surface area (Å²) in [7, 11) is 0. The standard InChI is InChI=1S/C8H9ClOS/c1-4-5(2)11-6(3)7(4)8(9)10/h1-3H3. The van der Waals surface area contributed by atoms with Crippen LogP contribution in [0.2, 0.25) is 0 Å². The summed E-state index contributed by atoms with van der Waals surface area (Å²) in [5.74, 6) is 0. The number of hydrogen-bond donors (Lipinski definition) is 0. The van der Waals surface area contributed by atoms with Gasteiger partial charge in [0.2, 0.25) is 0 Å². The maximum absolute atomic E-state index is 10.9. The summed E-state index contributed by atoms with van der Waals surface area (Å²) >= 11 is 7.01. The smallest absolute Gasteiger partial charge is 0.253 e. The number of aryl methyl sites for hydroxylation is 2. The topological polar surface area (TPSA) is 17.1 Å². The Balaban J connectivity index is 3.34. The van der Waals surface area contributed by atoms with Gasteiger partial charge in [-0.2, -0.15) is 0 Å². The number of thiophene rings is 1. The van der Waals surface area contributed by atoms with Crippen molar-refractivity contribution in [2.75, 3.05) is 0 Å². The van der Waals surface area contributed by atoms with Crippen LogP contribution in [0.5, 0.6) is 0 Å². The molecule has 1 heterocycles. The molecule has 3 heteroatoms. The number of halogens is 1. The molecule has 0 aliphatic heterocycles.